The predicted octanol–water partition coefficient (Wildman–Crippen LogP) is 5.68. The number of alkyl halides is 3. The summed E-state index contributed by atoms with van der Waals surface area (Å²) in [6.45, 7) is 3.59. The normalized spacial score (nSPS) is 16.5. The maximum Gasteiger partial charge on any atom is 0.490 e. The Morgan fingerprint density at radius 1 is 1.13 bits per heavy atom. The van der Waals surface area contributed by atoms with Crippen molar-refractivity contribution in [2.24, 2.45) is 0 Å². The number of fused-ring (bicyclic) bond motifs is 2. The van der Waals surface area contributed by atoms with E-state index < -0.39 is 17.5 Å². The van der Waals surface area contributed by atoms with Gasteiger partial charge in [-0.15, -0.1) is 12.6 Å². The molecule has 2 N–H and O–H groups in total. The van der Waals surface area contributed by atoms with E-state index in [2.05, 4.69) is 5.32 Å². The number of carbonyl (C=O) groups excluding carboxylic acids is 1. The second-order valence-corrected chi connectivity index (χ2v) is 11.6. The Bertz CT molecular complexity index is 1750. The zero-order chi connectivity index (χ0) is 32.3. The van der Waals surface area contributed by atoms with Gasteiger partial charge in [0.05, 0.1) is 16.9 Å². The molecule has 6 rings (SSSR count). The molecule has 13 heteroatoms. The largest absolute Gasteiger partial charge is 0.490 e. The summed E-state index contributed by atoms with van der Waals surface area (Å²) in [4.78, 5) is 42.7. The SMILES string of the molecule is Cc1cc2cccc(CNCCC(=O)N3CCc4nc(C5CCC5)n(-c5ccccc5)c(=O)c4C3S)c2o1.O=C(O)C(F)(F)F. The van der Waals surface area contributed by atoms with E-state index in [1.165, 1.54) is 0 Å². The van der Waals surface area contributed by atoms with Gasteiger partial charge in [-0.2, -0.15) is 13.2 Å². The number of amides is 1. The molecule has 45 heavy (non-hydrogen) atoms. The topological polar surface area (TPSA) is 118 Å². The lowest BCUT2D eigenvalue weighted by atomic mass is 9.84. The Labute approximate surface area is 262 Å². The molecule has 1 saturated carbocycles. The van der Waals surface area contributed by atoms with Crippen molar-refractivity contribution in [3.8, 4) is 5.69 Å². The summed E-state index contributed by atoms with van der Waals surface area (Å²) < 4.78 is 39.3. The molecule has 3 heterocycles. The molecule has 1 unspecified atom stereocenters. The Hall–Kier alpha value is -4.10. The zero-order valence-electron chi connectivity index (χ0n) is 24.5. The minimum atomic E-state index is -5.08. The summed E-state index contributed by atoms with van der Waals surface area (Å²) >= 11 is 4.79. The number of aliphatic carboxylic acids is 1. The molecular weight excluding hydrogens is 609 g/mol. The molecule has 0 saturated heterocycles. The van der Waals surface area contributed by atoms with Gasteiger partial charge in [0.25, 0.3) is 5.56 Å². The standard InChI is InChI=1S/C30H32N4O3S.C2HF3O2/c1-19-17-21-9-6-10-22(27(21)37-19)18-31-15-13-25(35)33-16-14-24-26(30(33)38)29(36)34(23-11-3-2-4-12-23)28(32-24)20-7-5-8-20;3-2(4,5)1(6)7/h2-4,6,9-12,17,20,30-31,38H,5,7-8,13-16,18H2,1H3;(H,6,7). The van der Waals surface area contributed by atoms with Crippen LogP contribution >= 0.6 is 12.6 Å². The maximum atomic E-state index is 13.9. The van der Waals surface area contributed by atoms with E-state index in [-0.39, 0.29) is 11.5 Å². The number of thiol groups is 1. The number of benzene rings is 2. The summed E-state index contributed by atoms with van der Waals surface area (Å²) in [6, 6.07) is 17.8. The lowest BCUT2D eigenvalue weighted by molar-refractivity contribution is -0.192. The third kappa shape index (κ3) is 7.09. The number of carboxylic acid groups (broad SMARTS) is 1. The van der Waals surface area contributed by atoms with Crippen LogP contribution in [-0.4, -0.2) is 50.7 Å². The van der Waals surface area contributed by atoms with Crippen molar-refractivity contribution in [1.82, 2.24) is 19.8 Å². The number of furan rings is 1. The first-order valence-electron chi connectivity index (χ1n) is 14.6. The second kappa shape index (κ2) is 13.5. The molecule has 1 atom stereocenters. The highest BCUT2D eigenvalue weighted by molar-refractivity contribution is 7.80. The quantitative estimate of drug-likeness (QED) is 0.175. The molecule has 238 valence electrons. The Balaban J connectivity index is 0.000000515. The van der Waals surface area contributed by atoms with Crippen LogP contribution in [0.5, 0.6) is 0 Å². The Morgan fingerprint density at radius 2 is 1.84 bits per heavy atom. The summed E-state index contributed by atoms with van der Waals surface area (Å²) in [5, 5.41) is 11.0. The van der Waals surface area contributed by atoms with E-state index >= 15 is 0 Å². The van der Waals surface area contributed by atoms with Gasteiger partial charge in [-0.3, -0.25) is 14.2 Å². The van der Waals surface area contributed by atoms with Gasteiger partial charge >= 0.3 is 12.1 Å². The van der Waals surface area contributed by atoms with Crippen LogP contribution in [-0.2, 0) is 22.6 Å². The fourth-order valence-corrected chi connectivity index (χ4v) is 6.04. The summed E-state index contributed by atoms with van der Waals surface area (Å²) in [5.74, 6) is -0.754. The number of nitrogens with one attached hydrogen (secondary N) is 1. The van der Waals surface area contributed by atoms with Crippen LogP contribution in [0, 0.1) is 6.92 Å². The maximum absolute atomic E-state index is 13.9. The highest BCUT2D eigenvalue weighted by Gasteiger charge is 2.38. The zero-order valence-corrected chi connectivity index (χ0v) is 25.4. The lowest BCUT2D eigenvalue weighted by Gasteiger charge is -2.35. The molecule has 1 fully saturated rings. The number of para-hydroxylation sites is 2. The lowest BCUT2D eigenvalue weighted by Crippen LogP contribution is -2.44. The fourth-order valence-electron chi connectivity index (χ4n) is 5.53. The molecule has 9 nitrogen and oxygen atoms in total. The van der Waals surface area contributed by atoms with Crippen molar-refractivity contribution in [3.63, 3.8) is 0 Å². The fraction of sp³-hybridized carbons (Fsp3) is 0.375. The molecule has 1 aliphatic heterocycles. The van der Waals surface area contributed by atoms with Gasteiger partial charge in [0, 0.05) is 49.3 Å². The number of aromatic nitrogens is 2. The minimum Gasteiger partial charge on any atom is -0.475 e. The van der Waals surface area contributed by atoms with Crippen LogP contribution < -0.4 is 10.9 Å². The molecule has 2 aliphatic rings. The first-order chi connectivity index (χ1) is 21.5. The van der Waals surface area contributed by atoms with E-state index in [9.17, 15) is 22.8 Å². The molecule has 1 amide bonds. The average molecular weight is 643 g/mol. The monoisotopic (exact) mass is 642 g/mol. The third-order valence-corrected chi connectivity index (χ3v) is 8.53. The van der Waals surface area contributed by atoms with Crippen LogP contribution in [0.3, 0.4) is 0 Å². The molecule has 0 radical (unpaired) electrons. The number of hydrogen-bond acceptors (Lipinski definition) is 7. The molecule has 2 aromatic heterocycles. The van der Waals surface area contributed by atoms with Crippen LogP contribution in [0.4, 0.5) is 13.2 Å². The van der Waals surface area contributed by atoms with E-state index in [1.807, 2.05) is 61.5 Å². The van der Waals surface area contributed by atoms with Crippen molar-refractivity contribution in [3.05, 3.63) is 93.4 Å². The number of carboxylic acids is 1. The average Bonchev–Trinajstić information content (AvgIpc) is 3.35. The van der Waals surface area contributed by atoms with Crippen LogP contribution in [0.2, 0.25) is 0 Å². The highest BCUT2D eigenvalue weighted by Crippen LogP contribution is 2.38. The minimum absolute atomic E-state index is 0.0241. The molecule has 2 aromatic carbocycles. The van der Waals surface area contributed by atoms with E-state index in [0.717, 1.165) is 58.8 Å². The van der Waals surface area contributed by atoms with Gasteiger partial charge in [-0.1, -0.05) is 42.8 Å². The van der Waals surface area contributed by atoms with Gasteiger partial charge in [0.2, 0.25) is 5.91 Å². The third-order valence-electron chi connectivity index (χ3n) is 7.99. The number of hydrogen-bond donors (Lipinski definition) is 3. The number of carbonyl (C=O) groups is 2. The molecular formula is C32H33F3N4O5S. The highest BCUT2D eigenvalue weighted by atomic mass is 32.1. The van der Waals surface area contributed by atoms with Gasteiger partial charge in [0.1, 0.15) is 22.5 Å². The van der Waals surface area contributed by atoms with Crippen molar-refractivity contribution < 1.29 is 32.3 Å². The Morgan fingerprint density at radius 3 is 2.49 bits per heavy atom. The van der Waals surface area contributed by atoms with E-state index in [0.29, 0.717) is 44.0 Å². The van der Waals surface area contributed by atoms with E-state index in [1.54, 1.807) is 9.47 Å². The molecule has 1 aliphatic carbocycles. The van der Waals surface area contributed by atoms with Crippen LogP contribution in [0.15, 0.2) is 63.8 Å². The van der Waals surface area contributed by atoms with E-state index in [4.69, 9.17) is 31.9 Å². The number of halogens is 3. The Kier molecular flexibility index (Phi) is 9.68. The first-order valence-corrected chi connectivity index (χ1v) is 15.1. The van der Waals surface area contributed by atoms with Crippen molar-refractivity contribution in [2.45, 2.75) is 63.0 Å². The van der Waals surface area contributed by atoms with Gasteiger partial charge in [0.15, 0.2) is 0 Å². The number of nitrogens with zero attached hydrogens (tertiary/aromatic N) is 3. The van der Waals surface area contributed by atoms with Crippen LogP contribution in [0.1, 0.15) is 65.4 Å². The second-order valence-electron chi connectivity index (χ2n) is 11.1. The smallest absolute Gasteiger partial charge is 0.475 e. The number of aryl methyl sites for hydroxylation is 1. The summed E-state index contributed by atoms with van der Waals surface area (Å²) in [6.07, 6.45) is -0.938. The van der Waals surface area contributed by atoms with Crippen molar-refractivity contribution >= 4 is 35.5 Å². The molecule has 0 spiro atoms. The summed E-state index contributed by atoms with van der Waals surface area (Å²) in [5.41, 5.74) is 3.96. The number of rotatable bonds is 7. The summed E-state index contributed by atoms with van der Waals surface area (Å²) in [7, 11) is 0. The van der Waals surface area contributed by atoms with Crippen molar-refractivity contribution in [1.29, 1.82) is 0 Å². The van der Waals surface area contributed by atoms with Crippen molar-refractivity contribution in [2.75, 3.05) is 13.1 Å². The molecule has 4 aromatic rings. The van der Waals surface area contributed by atoms with Gasteiger partial charge < -0.3 is 19.7 Å². The van der Waals surface area contributed by atoms with Gasteiger partial charge in [-0.05, 0) is 38.0 Å². The predicted molar refractivity (Wildman–Crippen MR) is 165 cm³/mol. The first kappa shape index (κ1) is 32.3. The van der Waals surface area contributed by atoms with Gasteiger partial charge in [-0.25, -0.2) is 9.78 Å². The van der Waals surface area contributed by atoms with Crippen LogP contribution in [0.25, 0.3) is 16.7 Å². The molecule has 0 bridgehead atoms.